The maximum atomic E-state index is 12.4. The molecule has 0 aliphatic heterocycles. The van der Waals surface area contributed by atoms with Crippen molar-refractivity contribution in [2.24, 2.45) is 0 Å². The first-order valence-electron chi connectivity index (χ1n) is 8.92. The molecule has 2 aromatic carbocycles. The van der Waals surface area contributed by atoms with E-state index in [4.69, 9.17) is 21.1 Å². The molecule has 7 nitrogen and oxygen atoms in total. The molecule has 0 aromatic heterocycles. The standard InChI is InChI=1S/C20H25ClN2O5S/c1-27-18-9-4-14(12-19(18)28-2)10-11-22-20(24)13-17(23-29(3,25)26)15-5-7-16(21)8-6-15/h4-9,12,17,23H,10-11,13H2,1-3H3,(H,22,24)/t17-/m0/s1. The van der Waals surface area contributed by atoms with Crippen LogP contribution in [0.25, 0.3) is 0 Å². The fourth-order valence-electron chi connectivity index (χ4n) is 2.82. The van der Waals surface area contributed by atoms with Gasteiger partial charge in [-0.3, -0.25) is 4.79 Å². The maximum absolute atomic E-state index is 12.4. The lowest BCUT2D eigenvalue weighted by atomic mass is 10.0. The summed E-state index contributed by atoms with van der Waals surface area (Å²) in [5, 5.41) is 3.36. The molecule has 2 N–H and O–H groups in total. The van der Waals surface area contributed by atoms with Crippen molar-refractivity contribution in [1.82, 2.24) is 10.0 Å². The smallest absolute Gasteiger partial charge is 0.221 e. The van der Waals surface area contributed by atoms with E-state index in [2.05, 4.69) is 10.0 Å². The second-order valence-electron chi connectivity index (χ2n) is 6.49. The van der Waals surface area contributed by atoms with Gasteiger partial charge in [0.1, 0.15) is 0 Å². The molecule has 0 saturated carbocycles. The second-order valence-corrected chi connectivity index (χ2v) is 8.70. The van der Waals surface area contributed by atoms with Crippen LogP contribution in [-0.2, 0) is 21.2 Å². The normalized spacial score (nSPS) is 12.3. The van der Waals surface area contributed by atoms with Crippen molar-refractivity contribution in [2.75, 3.05) is 27.0 Å². The van der Waals surface area contributed by atoms with E-state index in [-0.39, 0.29) is 12.3 Å². The van der Waals surface area contributed by atoms with Crippen LogP contribution in [0.1, 0.15) is 23.6 Å². The van der Waals surface area contributed by atoms with Crippen molar-refractivity contribution in [3.8, 4) is 11.5 Å². The van der Waals surface area contributed by atoms with E-state index in [9.17, 15) is 13.2 Å². The van der Waals surface area contributed by atoms with Crippen molar-refractivity contribution in [3.05, 3.63) is 58.6 Å². The van der Waals surface area contributed by atoms with E-state index in [1.54, 1.807) is 38.5 Å². The molecule has 0 aliphatic carbocycles. The third kappa shape index (κ3) is 7.56. The number of amides is 1. The van der Waals surface area contributed by atoms with Crippen LogP contribution >= 0.6 is 11.6 Å². The average Bonchev–Trinajstić information content (AvgIpc) is 2.66. The van der Waals surface area contributed by atoms with E-state index >= 15 is 0 Å². The lowest BCUT2D eigenvalue weighted by Gasteiger charge is -2.18. The molecule has 0 saturated heterocycles. The molecule has 158 valence electrons. The zero-order chi connectivity index (χ0) is 21.4. The van der Waals surface area contributed by atoms with Crippen LogP contribution in [0.15, 0.2) is 42.5 Å². The van der Waals surface area contributed by atoms with Gasteiger partial charge in [-0.2, -0.15) is 0 Å². The molecule has 9 heteroatoms. The minimum Gasteiger partial charge on any atom is -0.493 e. The topological polar surface area (TPSA) is 93.7 Å². The van der Waals surface area contributed by atoms with Gasteiger partial charge in [0, 0.05) is 18.0 Å². The highest BCUT2D eigenvalue weighted by molar-refractivity contribution is 7.88. The molecule has 29 heavy (non-hydrogen) atoms. The largest absolute Gasteiger partial charge is 0.493 e. The number of halogens is 1. The molecule has 0 aliphatic rings. The highest BCUT2D eigenvalue weighted by atomic mass is 35.5. The zero-order valence-electron chi connectivity index (χ0n) is 16.6. The Morgan fingerprint density at radius 2 is 1.72 bits per heavy atom. The van der Waals surface area contributed by atoms with Gasteiger partial charge in [0.2, 0.25) is 15.9 Å². The predicted molar refractivity (Wildman–Crippen MR) is 113 cm³/mol. The molecule has 1 atom stereocenters. The molecule has 0 heterocycles. The van der Waals surface area contributed by atoms with Gasteiger partial charge in [-0.25, -0.2) is 13.1 Å². The van der Waals surface area contributed by atoms with E-state index in [1.807, 2.05) is 18.2 Å². The first-order chi connectivity index (χ1) is 13.7. The van der Waals surface area contributed by atoms with E-state index < -0.39 is 16.1 Å². The average molecular weight is 441 g/mol. The SMILES string of the molecule is COc1ccc(CCNC(=O)C[C@H](NS(C)(=O)=O)c2ccc(Cl)cc2)cc1OC. The second kappa shape index (κ2) is 10.5. The third-order valence-electron chi connectivity index (χ3n) is 4.20. The van der Waals surface area contributed by atoms with Gasteiger partial charge in [0.15, 0.2) is 11.5 Å². The Morgan fingerprint density at radius 1 is 1.07 bits per heavy atom. The van der Waals surface area contributed by atoms with Crippen LogP contribution in [0.2, 0.25) is 5.02 Å². The molecule has 2 rings (SSSR count). The van der Waals surface area contributed by atoms with Gasteiger partial charge in [-0.15, -0.1) is 0 Å². The van der Waals surface area contributed by atoms with Crippen LogP contribution in [0.5, 0.6) is 11.5 Å². The van der Waals surface area contributed by atoms with Crippen molar-refractivity contribution in [1.29, 1.82) is 0 Å². The number of rotatable bonds is 10. The Kier molecular flexibility index (Phi) is 8.31. The van der Waals surface area contributed by atoms with Gasteiger partial charge >= 0.3 is 0 Å². The van der Waals surface area contributed by atoms with Crippen molar-refractivity contribution >= 4 is 27.5 Å². The molecule has 0 spiro atoms. The summed E-state index contributed by atoms with van der Waals surface area (Å²) < 4.78 is 36.3. The number of nitrogens with one attached hydrogen (secondary N) is 2. The van der Waals surface area contributed by atoms with E-state index in [1.165, 1.54) is 0 Å². The molecule has 2 aromatic rings. The first kappa shape index (κ1) is 23.0. The molecule has 0 fully saturated rings. The quantitative estimate of drug-likeness (QED) is 0.592. The molecule has 1 amide bonds. The fraction of sp³-hybridized carbons (Fsp3) is 0.350. The Balaban J connectivity index is 1.96. The number of carbonyl (C=O) groups is 1. The lowest BCUT2D eigenvalue weighted by molar-refractivity contribution is -0.121. The third-order valence-corrected chi connectivity index (χ3v) is 5.17. The summed E-state index contributed by atoms with van der Waals surface area (Å²) in [6, 6.07) is 11.6. The molecule has 0 radical (unpaired) electrons. The number of hydrogen-bond acceptors (Lipinski definition) is 5. The molecular formula is C20H25ClN2O5S. The minimum atomic E-state index is -3.49. The van der Waals surface area contributed by atoms with E-state index in [0.717, 1.165) is 11.8 Å². The van der Waals surface area contributed by atoms with Gasteiger partial charge in [0.05, 0.1) is 26.5 Å². The number of ether oxygens (including phenoxy) is 2. The number of methoxy groups -OCH3 is 2. The van der Waals surface area contributed by atoms with Gasteiger partial charge < -0.3 is 14.8 Å². The predicted octanol–water partition coefficient (Wildman–Crippen LogP) is 2.70. The Bertz CT molecular complexity index is 932. The molecule has 0 bridgehead atoms. The lowest BCUT2D eigenvalue weighted by Crippen LogP contribution is -2.34. The highest BCUT2D eigenvalue weighted by Gasteiger charge is 2.19. The van der Waals surface area contributed by atoms with Crippen LogP contribution in [0.4, 0.5) is 0 Å². The van der Waals surface area contributed by atoms with Gasteiger partial charge in [0.25, 0.3) is 0 Å². The number of hydrogen-bond donors (Lipinski definition) is 2. The Labute approximate surface area is 176 Å². The van der Waals surface area contributed by atoms with Crippen LogP contribution in [0.3, 0.4) is 0 Å². The van der Waals surface area contributed by atoms with Crippen LogP contribution in [0, 0.1) is 0 Å². The number of benzene rings is 2. The minimum absolute atomic E-state index is 0.0271. The zero-order valence-corrected chi connectivity index (χ0v) is 18.1. The maximum Gasteiger partial charge on any atom is 0.221 e. The first-order valence-corrected chi connectivity index (χ1v) is 11.2. The highest BCUT2D eigenvalue weighted by Crippen LogP contribution is 2.27. The van der Waals surface area contributed by atoms with Crippen molar-refractivity contribution in [2.45, 2.75) is 18.9 Å². The number of sulfonamides is 1. The van der Waals surface area contributed by atoms with Gasteiger partial charge in [-0.1, -0.05) is 29.8 Å². The Hall–Kier alpha value is -2.29. The van der Waals surface area contributed by atoms with Crippen molar-refractivity contribution < 1.29 is 22.7 Å². The summed E-state index contributed by atoms with van der Waals surface area (Å²) in [6.45, 7) is 0.403. The summed E-state index contributed by atoms with van der Waals surface area (Å²) >= 11 is 5.89. The summed E-state index contributed by atoms with van der Waals surface area (Å²) in [4.78, 5) is 12.4. The number of carbonyl (C=O) groups excluding carboxylic acids is 1. The monoisotopic (exact) mass is 440 g/mol. The summed E-state index contributed by atoms with van der Waals surface area (Å²) in [5.41, 5.74) is 1.64. The van der Waals surface area contributed by atoms with Crippen molar-refractivity contribution in [3.63, 3.8) is 0 Å². The fourth-order valence-corrected chi connectivity index (χ4v) is 3.68. The van der Waals surface area contributed by atoms with Crippen LogP contribution in [-0.4, -0.2) is 41.3 Å². The molecule has 0 unspecified atom stereocenters. The Morgan fingerprint density at radius 3 is 2.31 bits per heavy atom. The van der Waals surface area contributed by atoms with Crippen LogP contribution < -0.4 is 19.5 Å². The molecular weight excluding hydrogens is 416 g/mol. The van der Waals surface area contributed by atoms with E-state index in [0.29, 0.717) is 35.1 Å². The summed E-state index contributed by atoms with van der Waals surface area (Å²) in [5.74, 6) is 0.996. The van der Waals surface area contributed by atoms with Gasteiger partial charge in [-0.05, 0) is 41.8 Å². The summed E-state index contributed by atoms with van der Waals surface area (Å²) in [7, 11) is -0.360. The summed E-state index contributed by atoms with van der Waals surface area (Å²) in [6.07, 6.45) is 1.63.